The summed E-state index contributed by atoms with van der Waals surface area (Å²) in [6.07, 6.45) is 8.14. The maximum Gasteiger partial charge on any atom is 0.241 e. The number of hydrogen-bond donors (Lipinski definition) is 0. The van der Waals surface area contributed by atoms with Crippen molar-refractivity contribution < 1.29 is 9.53 Å². The van der Waals surface area contributed by atoms with Crippen molar-refractivity contribution in [3.05, 3.63) is 36.4 Å². The van der Waals surface area contributed by atoms with Crippen LogP contribution in [0.2, 0.25) is 0 Å². The molecule has 1 aliphatic carbocycles. The smallest absolute Gasteiger partial charge is 0.241 e. The summed E-state index contributed by atoms with van der Waals surface area (Å²) in [6.45, 7) is 3.27. The van der Waals surface area contributed by atoms with Crippen molar-refractivity contribution in [1.29, 1.82) is 0 Å². The van der Waals surface area contributed by atoms with Gasteiger partial charge in [-0.25, -0.2) is 0 Å². The molecule has 0 saturated carbocycles. The van der Waals surface area contributed by atoms with E-state index in [2.05, 4.69) is 17.1 Å². The van der Waals surface area contributed by atoms with E-state index < -0.39 is 0 Å². The third-order valence-corrected chi connectivity index (χ3v) is 4.56. The van der Waals surface area contributed by atoms with Gasteiger partial charge in [0.15, 0.2) is 0 Å². The molecular formula is C18H24N2O2. The average molecular weight is 300 g/mol. The van der Waals surface area contributed by atoms with E-state index in [0.717, 1.165) is 37.5 Å². The predicted octanol–water partition coefficient (Wildman–Crippen LogP) is 2.70. The summed E-state index contributed by atoms with van der Waals surface area (Å²) in [4.78, 5) is 16.7. The molecule has 3 rings (SSSR count). The van der Waals surface area contributed by atoms with Gasteiger partial charge in [0.05, 0.1) is 13.7 Å². The number of piperazine rings is 1. The zero-order chi connectivity index (χ0) is 15.4. The van der Waals surface area contributed by atoms with E-state index >= 15 is 0 Å². The lowest BCUT2D eigenvalue weighted by Gasteiger charge is -2.36. The van der Waals surface area contributed by atoms with Crippen LogP contribution < -0.4 is 9.64 Å². The molecule has 1 aromatic carbocycles. The lowest BCUT2D eigenvalue weighted by atomic mass is 9.94. The Kier molecular flexibility index (Phi) is 4.78. The van der Waals surface area contributed by atoms with Gasteiger partial charge in [-0.1, -0.05) is 18.2 Å². The highest BCUT2D eigenvalue weighted by Gasteiger charge is 2.26. The number of methoxy groups -OCH3 is 1. The Morgan fingerprint density at radius 3 is 2.91 bits per heavy atom. The monoisotopic (exact) mass is 300 g/mol. The average Bonchev–Trinajstić information content (AvgIpc) is 2.56. The van der Waals surface area contributed by atoms with Gasteiger partial charge in [0.25, 0.3) is 0 Å². The second kappa shape index (κ2) is 6.97. The number of amides is 1. The van der Waals surface area contributed by atoms with Crippen molar-refractivity contribution in [2.45, 2.75) is 19.3 Å². The van der Waals surface area contributed by atoms with Crippen LogP contribution in [0.3, 0.4) is 0 Å². The minimum Gasteiger partial charge on any atom is -0.497 e. The number of rotatable bonds is 4. The molecule has 0 bridgehead atoms. The third kappa shape index (κ3) is 3.50. The number of anilines is 1. The first kappa shape index (κ1) is 15.1. The molecule has 1 amide bonds. The van der Waals surface area contributed by atoms with Crippen LogP contribution >= 0.6 is 0 Å². The molecule has 0 unspecified atom stereocenters. The van der Waals surface area contributed by atoms with Gasteiger partial charge in [0.2, 0.25) is 5.91 Å². The highest BCUT2D eigenvalue weighted by Crippen LogP contribution is 2.24. The Balaban J connectivity index is 1.59. The summed E-state index contributed by atoms with van der Waals surface area (Å²) in [5.74, 6) is 1.69. The summed E-state index contributed by atoms with van der Waals surface area (Å²) in [6, 6.07) is 7.74. The molecule has 0 spiro atoms. The van der Waals surface area contributed by atoms with Gasteiger partial charge in [-0.3, -0.25) is 9.69 Å². The highest BCUT2D eigenvalue weighted by atomic mass is 16.5. The number of nitrogens with zero attached hydrogens (tertiary/aromatic N) is 2. The Hall–Kier alpha value is -1.81. The van der Waals surface area contributed by atoms with Crippen LogP contribution in [0.4, 0.5) is 5.69 Å². The molecular weight excluding hydrogens is 276 g/mol. The predicted molar refractivity (Wildman–Crippen MR) is 88.3 cm³/mol. The van der Waals surface area contributed by atoms with Gasteiger partial charge in [-0.15, -0.1) is 0 Å². The lowest BCUT2D eigenvalue weighted by molar-refractivity contribution is -0.121. The minimum atomic E-state index is 0.186. The van der Waals surface area contributed by atoms with Crippen molar-refractivity contribution in [3.8, 4) is 5.75 Å². The lowest BCUT2D eigenvalue weighted by Crippen LogP contribution is -2.51. The quantitative estimate of drug-likeness (QED) is 0.802. The second-order valence-corrected chi connectivity index (χ2v) is 6.13. The van der Waals surface area contributed by atoms with Gasteiger partial charge in [0.1, 0.15) is 5.75 Å². The Morgan fingerprint density at radius 1 is 1.27 bits per heavy atom. The van der Waals surface area contributed by atoms with Crippen LogP contribution in [0.25, 0.3) is 0 Å². The molecule has 4 heteroatoms. The van der Waals surface area contributed by atoms with Crippen LogP contribution in [-0.2, 0) is 4.79 Å². The SMILES string of the molecule is COc1cccc(N2CCN(C[C@@H]3CC=CCC3)CC2=O)c1. The van der Waals surface area contributed by atoms with Crippen molar-refractivity contribution in [3.63, 3.8) is 0 Å². The first-order valence-electron chi connectivity index (χ1n) is 8.08. The molecule has 0 radical (unpaired) electrons. The van der Waals surface area contributed by atoms with Crippen LogP contribution in [0.15, 0.2) is 36.4 Å². The summed E-state index contributed by atoms with van der Waals surface area (Å²) in [5.41, 5.74) is 0.935. The van der Waals surface area contributed by atoms with Gasteiger partial charge in [-0.05, 0) is 37.3 Å². The van der Waals surface area contributed by atoms with Crippen molar-refractivity contribution in [2.24, 2.45) is 5.92 Å². The Morgan fingerprint density at radius 2 is 2.18 bits per heavy atom. The molecule has 2 aliphatic rings. The van der Waals surface area contributed by atoms with Crippen LogP contribution in [0, 0.1) is 5.92 Å². The largest absolute Gasteiger partial charge is 0.497 e. The van der Waals surface area contributed by atoms with Gasteiger partial charge in [-0.2, -0.15) is 0 Å². The molecule has 1 heterocycles. The maximum absolute atomic E-state index is 12.5. The summed E-state index contributed by atoms with van der Waals surface area (Å²) in [7, 11) is 1.65. The summed E-state index contributed by atoms with van der Waals surface area (Å²) < 4.78 is 5.25. The van der Waals surface area contributed by atoms with E-state index in [9.17, 15) is 4.79 Å². The first-order valence-corrected chi connectivity index (χ1v) is 8.08. The minimum absolute atomic E-state index is 0.186. The van der Waals surface area contributed by atoms with E-state index in [4.69, 9.17) is 4.74 Å². The standard InChI is InChI=1S/C18H24N2O2/c1-22-17-9-5-8-16(12-17)20-11-10-19(14-18(20)21)13-15-6-3-2-4-7-15/h2-3,5,8-9,12,15H,4,6-7,10-11,13-14H2,1H3/t15-/m1/s1. The fourth-order valence-electron chi connectivity index (χ4n) is 3.32. The molecule has 0 aromatic heterocycles. The van der Waals surface area contributed by atoms with Crippen molar-refractivity contribution in [2.75, 3.05) is 38.2 Å². The molecule has 22 heavy (non-hydrogen) atoms. The van der Waals surface area contributed by atoms with Gasteiger partial charge >= 0.3 is 0 Å². The normalized spacial score (nSPS) is 22.9. The number of ether oxygens (including phenoxy) is 1. The zero-order valence-electron chi connectivity index (χ0n) is 13.2. The number of allylic oxidation sites excluding steroid dienone is 2. The van der Waals surface area contributed by atoms with E-state index in [-0.39, 0.29) is 5.91 Å². The van der Waals surface area contributed by atoms with E-state index in [1.807, 2.05) is 29.2 Å². The molecule has 4 nitrogen and oxygen atoms in total. The third-order valence-electron chi connectivity index (χ3n) is 4.56. The summed E-state index contributed by atoms with van der Waals surface area (Å²) in [5, 5.41) is 0. The van der Waals surface area contributed by atoms with Crippen molar-refractivity contribution in [1.82, 2.24) is 4.90 Å². The topological polar surface area (TPSA) is 32.8 Å². The first-order chi connectivity index (χ1) is 10.8. The van der Waals surface area contributed by atoms with Crippen LogP contribution in [-0.4, -0.2) is 44.1 Å². The Bertz CT molecular complexity index is 556. The van der Waals surface area contributed by atoms with Crippen molar-refractivity contribution >= 4 is 11.6 Å². The van der Waals surface area contributed by atoms with Gasteiger partial charge < -0.3 is 9.64 Å². The fraction of sp³-hybridized carbons (Fsp3) is 0.500. The van der Waals surface area contributed by atoms with E-state index in [1.165, 1.54) is 12.8 Å². The molecule has 0 N–H and O–H groups in total. The molecule has 118 valence electrons. The fourth-order valence-corrected chi connectivity index (χ4v) is 3.32. The number of hydrogen-bond acceptors (Lipinski definition) is 3. The molecule has 1 aromatic rings. The number of benzene rings is 1. The molecule has 1 atom stereocenters. The van der Waals surface area contributed by atoms with Crippen LogP contribution in [0.5, 0.6) is 5.75 Å². The van der Waals surface area contributed by atoms with Gasteiger partial charge in [0, 0.05) is 31.4 Å². The summed E-state index contributed by atoms with van der Waals surface area (Å²) >= 11 is 0. The van der Waals surface area contributed by atoms with E-state index in [0.29, 0.717) is 12.5 Å². The maximum atomic E-state index is 12.5. The number of carbonyl (C=O) groups excluding carboxylic acids is 1. The highest BCUT2D eigenvalue weighted by molar-refractivity contribution is 5.95. The Labute approximate surface area is 132 Å². The molecule has 1 saturated heterocycles. The zero-order valence-corrected chi connectivity index (χ0v) is 13.2. The number of carbonyl (C=O) groups is 1. The van der Waals surface area contributed by atoms with Crippen LogP contribution in [0.1, 0.15) is 19.3 Å². The van der Waals surface area contributed by atoms with E-state index in [1.54, 1.807) is 7.11 Å². The molecule has 1 fully saturated rings. The second-order valence-electron chi connectivity index (χ2n) is 6.13. The molecule has 1 aliphatic heterocycles.